The van der Waals surface area contributed by atoms with Crippen molar-refractivity contribution in [3.05, 3.63) is 52.6 Å². The third-order valence-electron chi connectivity index (χ3n) is 7.45. The van der Waals surface area contributed by atoms with Gasteiger partial charge in [-0.1, -0.05) is 11.6 Å². The molecule has 2 unspecified atom stereocenters. The summed E-state index contributed by atoms with van der Waals surface area (Å²) in [6.45, 7) is 0.527. The average molecular weight is 582 g/mol. The summed E-state index contributed by atoms with van der Waals surface area (Å²) in [6, 6.07) is 4.67. The predicted octanol–water partition coefficient (Wildman–Crippen LogP) is 5.84. The Morgan fingerprint density at radius 3 is 2.51 bits per heavy atom. The molecule has 3 N–H and O–H groups in total. The van der Waals surface area contributed by atoms with Gasteiger partial charge in [0.1, 0.15) is 16.6 Å². The summed E-state index contributed by atoms with van der Waals surface area (Å²) >= 11 is 7.65. The van der Waals surface area contributed by atoms with Crippen LogP contribution in [0.2, 0.25) is 5.02 Å². The molecule has 12 heteroatoms. The van der Waals surface area contributed by atoms with E-state index in [1.165, 1.54) is 34.4 Å². The number of halogens is 4. The molecule has 0 amide bonds. The molecule has 7 nitrogen and oxygen atoms in total. The molecule has 1 aliphatic heterocycles. The minimum Gasteiger partial charge on any atom is -0.481 e. The van der Waals surface area contributed by atoms with Crippen LogP contribution >= 0.6 is 22.9 Å². The van der Waals surface area contributed by atoms with E-state index in [2.05, 4.69) is 4.98 Å². The first kappa shape index (κ1) is 28.0. The molecular weight excluding hydrogens is 555 g/mol. The second-order valence-electron chi connectivity index (χ2n) is 10.0. The maximum absolute atomic E-state index is 16.6. The third kappa shape index (κ3) is 5.55. The van der Waals surface area contributed by atoms with E-state index >= 15 is 8.78 Å². The van der Waals surface area contributed by atoms with Gasteiger partial charge in [0.25, 0.3) is 0 Å². The van der Waals surface area contributed by atoms with Gasteiger partial charge in [0.15, 0.2) is 0 Å². The number of Topliss-reactive ketones (excluding diaryl/α,β-unsaturated/α-hetero) is 1. The lowest BCUT2D eigenvalue weighted by molar-refractivity contribution is -0.253. The van der Waals surface area contributed by atoms with Gasteiger partial charge in [-0.3, -0.25) is 9.59 Å². The van der Waals surface area contributed by atoms with Crippen LogP contribution in [0.15, 0.2) is 30.3 Å². The summed E-state index contributed by atoms with van der Waals surface area (Å²) in [4.78, 5) is 30.4. The summed E-state index contributed by atoms with van der Waals surface area (Å²) < 4.78 is 51.9. The molecule has 1 saturated heterocycles. The van der Waals surface area contributed by atoms with Gasteiger partial charge in [0.2, 0.25) is 5.78 Å². The van der Waals surface area contributed by atoms with Crippen molar-refractivity contribution >= 4 is 44.9 Å². The summed E-state index contributed by atoms with van der Waals surface area (Å²) in [7, 11) is 0. The standard InChI is InChI=1S/C27H27ClF3N3O4S/c28-19-12-18(20(30)13-17(19)25-33-21-11-15(29)5-8-22(21)39-25)23(32)24(35)27(31,34-9-1-2-10-34)38-16-6-3-14(4-7-16)26(36)37/h5,8,11-14,16,23H,1-4,6-7,9-10,32H2,(H,36,37). The first-order valence-electron chi connectivity index (χ1n) is 12.8. The zero-order chi connectivity index (χ0) is 27.9. The fraction of sp³-hybridized carbons (Fsp3) is 0.444. The van der Waals surface area contributed by atoms with E-state index in [-0.39, 0.29) is 42.1 Å². The van der Waals surface area contributed by atoms with E-state index in [0.29, 0.717) is 40.9 Å². The number of carboxylic acids is 1. The van der Waals surface area contributed by atoms with Gasteiger partial charge in [0, 0.05) is 30.3 Å². The van der Waals surface area contributed by atoms with Gasteiger partial charge in [0.05, 0.1) is 33.3 Å². The number of aliphatic carboxylic acids is 1. The van der Waals surface area contributed by atoms with Gasteiger partial charge in [-0.2, -0.15) is 4.39 Å². The molecule has 0 radical (unpaired) electrons. The highest BCUT2D eigenvalue weighted by Gasteiger charge is 2.51. The van der Waals surface area contributed by atoms with Crippen molar-refractivity contribution in [3.63, 3.8) is 0 Å². The fourth-order valence-corrected chi connectivity index (χ4v) is 6.55. The molecule has 1 aromatic heterocycles. The Morgan fingerprint density at radius 2 is 1.85 bits per heavy atom. The van der Waals surface area contributed by atoms with Crippen LogP contribution in [-0.4, -0.2) is 51.9 Å². The number of ether oxygens (including phenoxy) is 1. The molecule has 2 atom stereocenters. The van der Waals surface area contributed by atoms with Gasteiger partial charge in [-0.05, 0) is 62.8 Å². The molecule has 39 heavy (non-hydrogen) atoms. The lowest BCUT2D eigenvalue weighted by Gasteiger charge is -2.38. The fourth-order valence-electron chi connectivity index (χ4n) is 5.25. The van der Waals surface area contributed by atoms with Crippen LogP contribution in [0.1, 0.15) is 50.1 Å². The molecule has 2 fully saturated rings. The molecule has 208 valence electrons. The number of ketones is 1. The number of carboxylic acid groups (broad SMARTS) is 1. The van der Waals surface area contributed by atoms with Crippen LogP contribution in [0.25, 0.3) is 20.8 Å². The van der Waals surface area contributed by atoms with E-state index in [9.17, 15) is 19.1 Å². The Balaban J connectivity index is 1.41. The van der Waals surface area contributed by atoms with Crippen molar-refractivity contribution in [3.8, 4) is 10.6 Å². The Bertz CT molecular complexity index is 1410. The van der Waals surface area contributed by atoms with Gasteiger partial charge >= 0.3 is 11.9 Å². The second-order valence-corrected chi connectivity index (χ2v) is 11.4. The minimum atomic E-state index is -2.90. The summed E-state index contributed by atoms with van der Waals surface area (Å²) in [5.74, 6) is -6.82. The lowest BCUT2D eigenvalue weighted by Crippen LogP contribution is -2.56. The second kappa shape index (κ2) is 11.1. The van der Waals surface area contributed by atoms with Gasteiger partial charge in [-0.25, -0.2) is 18.7 Å². The number of nitrogens with zero attached hydrogens (tertiary/aromatic N) is 2. The number of carbonyl (C=O) groups excluding carboxylic acids is 1. The number of aromatic nitrogens is 1. The highest BCUT2D eigenvalue weighted by molar-refractivity contribution is 7.21. The smallest absolute Gasteiger partial charge is 0.331 e. The number of fused-ring (bicyclic) bond motifs is 1. The van der Waals surface area contributed by atoms with Crippen LogP contribution in [0.5, 0.6) is 0 Å². The summed E-state index contributed by atoms with van der Waals surface area (Å²) in [5.41, 5.74) is 6.50. The monoisotopic (exact) mass is 581 g/mol. The van der Waals surface area contributed by atoms with Crippen LogP contribution < -0.4 is 5.73 Å². The number of rotatable bonds is 8. The number of hydrogen-bond donors (Lipinski definition) is 2. The normalized spacial score (nSPS) is 22.6. The highest BCUT2D eigenvalue weighted by Crippen LogP contribution is 2.39. The van der Waals surface area contributed by atoms with Crippen LogP contribution in [0.4, 0.5) is 13.2 Å². The Morgan fingerprint density at radius 1 is 1.15 bits per heavy atom. The van der Waals surface area contributed by atoms with E-state index in [4.69, 9.17) is 22.1 Å². The van der Waals surface area contributed by atoms with Crippen LogP contribution in [-0.2, 0) is 14.3 Å². The molecule has 5 rings (SSSR count). The molecule has 1 aliphatic carbocycles. The topological polar surface area (TPSA) is 106 Å². The molecule has 2 heterocycles. The summed E-state index contributed by atoms with van der Waals surface area (Å²) in [5, 5.41) is 9.65. The number of alkyl halides is 1. The zero-order valence-corrected chi connectivity index (χ0v) is 22.4. The largest absolute Gasteiger partial charge is 0.481 e. The van der Waals surface area contributed by atoms with Gasteiger partial charge < -0.3 is 15.6 Å². The van der Waals surface area contributed by atoms with Crippen molar-refractivity contribution < 1.29 is 32.6 Å². The maximum Gasteiger partial charge on any atom is 0.331 e. The van der Waals surface area contributed by atoms with Crippen molar-refractivity contribution in [1.29, 1.82) is 0 Å². The Kier molecular flexibility index (Phi) is 7.98. The molecule has 0 bridgehead atoms. The SMILES string of the molecule is NC(C(=O)C(F)(OC1CCC(C(=O)O)CC1)N1CCCC1)c1cc(Cl)c(-c2nc3cc(F)ccc3s2)cc1F. The maximum atomic E-state index is 16.6. The minimum absolute atomic E-state index is 0.0488. The van der Waals surface area contributed by atoms with E-state index in [1.54, 1.807) is 6.07 Å². The van der Waals surface area contributed by atoms with E-state index in [1.807, 2.05) is 0 Å². The van der Waals surface area contributed by atoms with Gasteiger partial charge in [-0.15, -0.1) is 11.3 Å². The highest BCUT2D eigenvalue weighted by atomic mass is 35.5. The first-order chi connectivity index (χ1) is 18.6. The number of carbonyl (C=O) groups is 2. The van der Waals surface area contributed by atoms with Crippen LogP contribution in [0.3, 0.4) is 0 Å². The number of likely N-dealkylation sites (tertiary alicyclic amines) is 1. The zero-order valence-electron chi connectivity index (χ0n) is 20.8. The molecule has 0 spiro atoms. The Labute approximate surface area is 231 Å². The Hall–Kier alpha value is -2.57. The quantitative estimate of drug-likeness (QED) is 0.322. The number of benzene rings is 2. The van der Waals surface area contributed by atoms with E-state index < -0.39 is 47.4 Å². The molecule has 2 aliphatic rings. The molecular formula is C27H27ClF3N3O4S. The first-order valence-corrected chi connectivity index (χ1v) is 14.0. The molecule has 3 aromatic rings. The average Bonchev–Trinajstić information content (AvgIpc) is 3.59. The van der Waals surface area contributed by atoms with Crippen molar-refractivity contribution in [1.82, 2.24) is 9.88 Å². The number of hydrogen-bond acceptors (Lipinski definition) is 7. The van der Waals surface area contributed by atoms with Crippen LogP contribution in [0, 0.1) is 17.6 Å². The van der Waals surface area contributed by atoms with Crippen molar-refractivity contribution in [2.24, 2.45) is 11.7 Å². The lowest BCUT2D eigenvalue weighted by atomic mass is 9.87. The predicted molar refractivity (Wildman–Crippen MR) is 141 cm³/mol. The molecule has 2 aromatic carbocycles. The van der Waals surface area contributed by atoms with Crippen molar-refractivity contribution in [2.45, 2.75) is 56.6 Å². The molecule has 1 saturated carbocycles. The number of nitrogens with two attached hydrogens (primary N) is 1. The number of thiazole rings is 1. The summed E-state index contributed by atoms with van der Waals surface area (Å²) in [6.07, 6.45) is 1.80. The third-order valence-corrected chi connectivity index (χ3v) is 8.83. The van der Waals surface area contributed by atoms with E-state index in [0.717, 1.165) is 6.07 Å². The van der Waals surface area contributed by atoms with Crippen molar-refractivity contribution in [2.75, 3.05) is 13.1 Å².